The molecule has 6 nitrogen and oxygen atoms in total. The number of aromatic nitrogens is 2. The first-order valence-corrected chi connectivity index (χ1v) is 17.5. The predicted molar refractivity (Wildman–Crippen MR) is 210 cm³/mol. The first-order chi connectivity index (χ1) is 25.4. The summed E-state index contributed by atoms with van der Waals surface area (Å²) in [6.07, 6.45) is 1.97. The fraction of sp³-hybridized carbons (Fsp3) is 0.0870. The van der Waals surface area contributed by atoms with Crippen LogP contribution in [0.4, 0.5) is 22.7 Å². The Morgan fingerprint density at radius 3 is 2.23 bits per heavy atom. The van der Waals surface area contributed by atoms with Crippen LogP contribution in [0, 0.1) is 18.8 Å². The van der Waals surface area contributed by atoms with E-state index in [0.29, 0.717) is 11.5 Å². The maximum atomic E-state index is 6.63. The Kier molecular flexibility index (Phi) is 7.90. The monoisotopic (exact) mass is 868 g/mol. The first kappa shape index (κ1) is 33.0. The average Bonchev–Trinajstić information content (AvgIpc) is 3.84. The SMILES string of the molecule is CC(C)(C)c1ccc(-n2c3[c-]c(Oc4[c-]c(N5[CH-]N(c6ccccc6)c6ccccc65)ccc4)ccc3c3oc4ccc5ccccc5c4c32)nc1.[Pt]. The van der Waals surface area contributed by atoms with Gasteiger partial charge in [-0.25, -0.2) is 4.98 Å². The number of furan rings is 1. The number of para-hydroxylation sites is 3. The van der Waals surface area contributed by atoms with Gasteiger partial charge in [0.25, 0.3) is 0 Å². The molecule has 262 valence electrons. The van der Waals surface area contributed by atoms with Gasteiger partial charge in [-0.2, -0.15) is 12.1 Å². The third-order valence-electron chi connectivity index (χ3n) is 9.89. The minimum absolute atomic E-state index is 0. The number of fused-ring (bicyclic) bond motifs is 8. The van der Waals surface area contributed by atoms with Crippen molar-refractivity contribution in [2.45, 2.75) is 26.2 Å². The molecule has 1 aliphatic heterocycles. The van der Waals surface area contributed by atoms with Gasteiger partial charge in [-0.3, -0.25) is 0 Å². The molecule has 3 aromatic heterocycles. The molecule has 0 saturated heterocycles. The second-order valence-corrected chi connectivity index (χ2v) is 14.2. The van der Waals surface area contributed by atoms with Crippen LogP contribution in [0.1, 0.15) is 26.3 Å². The minimum Gasteiger partial charge on any atom is -0.509 e. The van der Waals surface area contributed by atoms with Crippen molar-refractivity contribution in [3.8, 4) is 17.3 Å². The maximum Gasteiger partial charge on any atom is 0.136 e. The van der Waals surface area contributed by atoms with E-state index in [1.54, 1.807) is 0 Å². The molecule has 4 heterocycles. The average molecular weight is 869 g/mol. The Balaban J connectivity index is 0.00000372. The van der Waals surface area contributed by atoms with Gasteiger partial charge in [-0.1, -0.05) is 98.4 Å². The standard InChI is InChI=1S/C46H33N4O2.Pt/c1-46(2,3)31-21-25-42(47-28-31)50-40-27-35(22-23-37(40)45-44(50)43-36-17-8-7-12-30(36)20-24-41(43)52-45)51-34-16-11-15-33(26-34)49-29-48(32-13-5-4-6-14-32)38-18-9-10-19-39(38)49;/h4-25,28-29H,1-3H3;/q-3;. The second kappa shape index (κ2) is 12.7. The van der Waals surface area contributed by atoms with Crippen LogP contribution in [0.2, 0.25) is 0 Å². The molecule has 7 heteroatoms. The molecule has 0 aliphatic carbocycles. The van der Waals surface area contributed by atoms with Crippen molar-refractivity contribution in [1.29, 1.82) is 0 Å². The Labute approximate surface area is 322 Å². The molecule has 0 radical (unpaired) electrons. The number of anilines is 4. The van der Waals surface area contributed by atoms with Crippen molar-refractivity contribution < 1.29 is 30.2 Å². The third kappa shape index (κ3) is 5.48. The molecule has 0 spiro atoms. The van der Waals surface area contributed by atoms with Crippen LogP contribution in [0.5, 0.6) is 11.5 Å². The van der Waals surface area contributed by atoms with Crippen molar-refractivity contribution in [3.05, 3.63) is 164 Å². The van der Waals surface area contributed by atoms with Gasteiger partial charge in [0.1, 0.15) is 17.0 Å². The summed E-state index contributed by atoms with van der Waals surface area (Å²) in [6, 6.07) is 52.7. The smallest absolute Gasteiger partial charge is 0.136 e. The minimum atomic E-state index is -0.0228. The normalized spacial score (nSPS) is 12.9. The maximum absolute atomic E-state index is 6.63. The molecule has 0 atom stereocenters. The Morgan fingerprint density at radius 2 is 1.43 bits per heavy atom. The van der Waals surface area contributed by atoms with Gasteiger partial charge in [0.15, 0.2) is 0 Å². The number of hydrogen-bond donors (Lipinski definition) is 0. The van der Waals surface area contributed by atoms with Crippen molar-refractivity contribution in [3.63, 3.8) is 0 Å². The van der Waals surface area contributed by atoms with E-state index < -0.39 is 0 Å². The molecule has 53 heavy (non-hydrogen) atoms. The summed E-state index contributed by atoms with van der Waals surface area (Å²) in [5, 5.41) is 4.27. The zero-order chi connectivity index (χ0) is 35.0. The predicted octanol–water partition coefficient (Wildman–Crippen LogP) is 12.2. The zero-order valence-electron chi connectivity index (χ0n) is 29.3. The molecule has 9 aromatic rings. The summed E-state index contributed by atoms with van der Waals surface area (Å²) in [5.74, 6) is 1.94. The van der Waals surface area contributed by atoms with Crippen LogP contribution in [0.15, 0.2) is 144 Å². The summed E-state index contributed by atoms with van der Waals surface area (Å²) >= 11 is 0. The van der Waals surface area contributed by atoms with Crippen LogP contribution in [-0.2, 0) is 26.5 Å². The van der Waals surface area contributed by atoms with E-state index in [-0.39, 0.29) is 26.5 Å². The van der Waals surface area contributed by atoms with Crippen molar-refractivity contribution in [2.75, 3.05) is 9.80 Å². The summed E-state index contributed by atoms with van der Waals surface area (Å²) < 4.78 is 15.3. The van der Waals surface area contributed by atoms with Crippen molar-refractivity contribution >= 4 is 66.5 Å². The topological polar surface area (TPSA) is 46.7 Å². The van der Waals surface area contributed by atoms with Gasteiger partial charge >= 0.3 is 0 Å². The quantitative estimate of drug-likeness (QED) is 0.161. The number of rotatable bonds is 5. The Hall–Kier alpha value is -5.84. The molecule has 10 rings (SSSR count). The van der Waals surface area contributed by atoms with Crippen LogP contribution in [0.25, 0.3) is 49.6 Å². The molecule has 6 aromatic carbocycles. The van der Waals surface area contributed by atoms with E-state index in [1.807, 2.05) is 36.5 Å². The summed E-state index contributed by atoms with van der Waals surface area (Å²) in [4.78, 5) is 9.35. The van der Waals surface area contributed by atoms with Crippen LogP contribution >= 0.6 is 0 Å². The van der Waals surface area contributed by atoms with E-state index in [2.05, 4.69) is 157 Å². The molecular formula is C46H33N4O2Pt-3. The molecule has 0 N–H and O–H groups in total. The first-order valence-electron chi connectivity index (χ1n) is 17.5. The number of benzene rings is 6. The van der Waals surface area contributed by atoms with Gasteiger partial charge in [0.05, 0.1) is 10.9 Å². The van der Waals surface area contributed by atoms with Crippen LogP contribution in [0.3, 0.4) is 0 Å². The van der Waals surface area contributed by atoms with Crippen molar-refractivity contribution in [1.82, 2.24) is 9.55 Å². The van der Waals surface area contributed by atoms with Gasteiger partial charge < -0.3 is 23.5 Å². The van der Waals surface area contributed by atoms with E-state index in [9.17, 15) is 0 Å². The van der Waals surface area contributed by atoms with Gasteiger partial charge in [0, 0.05) is 55.8 Å². The van der Waals surface area contributed by atoms with E-state index in [1.165, 1.54) is 5.56 Å². The zero-order valence-corrected chi connectivity index (χ0v) is 31.6. The van der Waals surface area contributed by atoms with E-state index in [4.69, 9.17) is 14.1 Å². The molecule has 1 aliphatic rings. The van der Waals surface area contributed by atoms with E-state index >= 15 is 0 Å². The number of nitrogens with zero attached hydrogens (tertiary/aromatic N) is 4. The summed E-state index contributed by atoms with van der Waals surface area (Å²) in [5.41, 5.74) is 8.69. The van der Waals surface area contributed by atoms with Crippen molar-refractivity contribution in [2.24, 2.45) is 0 Å². The molecular weight excluding hydrogens is 836 g/mol. The Bertz CT molecular complexity index is 2800. The summed E-state index contributed by atoms with van der Waals surface area (Å²) in [7, 11) is 0. The third-order valence-corrected chi connectivity index (χ3v) is 9.89. The van der Waals surface area contributed by atoms with Gasteiger partial charge in [0.2, 0.25) is 0 Å². The Morgan fingerprint density at radius 1 is 0.679 bits per heavy atom. The molecule has 0 saturated carbocycles. The second-order valence-electron chi connectivity index (χ2n) is 14.2. The number of hydrogen-bond acceptors (Lipinski definition) is 5. The molecule has 0 unspecified atom stereocenters. The van der Waals surface area contributed by atoms with E-state index in [0.717, 1.165) is 72.3 Å². The molecule has 0 bridgehead atoms. The van der Waals surface area contributed by atoms with Gasteiger partial charge in [-0.15, -0.1) is 42.7 Å². The van der Waals surface area contributed by atoms with Crippen LogP contribution < -0.4 is 14.5 Å². The van der Waals surface area contributed by atoms with Gasteiger partial charge in [-0.05, 0) is 58.1 Å². The number of ether oxygens (including phenoxy) is 1. The van der Waals surface area contributed by atoms with Crippen LogP contribution in [-0.4, -0.2) is 9.55 Å². The largest absolute Gasteiger partial charge is 0.509 e. The fourth-order valence-electron chi connectivity index (χ4n) is 7.29. The molecule has 0 fully saturated rings. The fourth-order valence-corrected chi connectivity index (χ4v) is 7.29. The molecule has 0 amide bonds. The number of pyridine rings is 1. The summed E-state index contributed by atoms with van der Waals surface area (Å²) in [6.45, 7) is 8.70.